The van der Waals surface area contributed by atoms with Gasteiger partial charge in [-0.3, -0.25) is 4.79 Å². The predicted octanol–water partition coefficient (Wildman–Crippen LogP) is 4.14. The van der Waals surface area contributed by atoms with E-state index < -0.39 is 5.97 Å². The second-order valence-corrected chi connectivity index (χ2v) is 5.65. The fourth-order valence-corrected chi connectivity index (χ4v) is 2.89. The third kappa shape index (κ3) is 3.42. The Morgan fingerprint density at radius 3 is 2.80 bits per heavy atom. The van der Waals surface area contributed by atoms with Crippen LogP contribution in [0.1, 0.15) is 11.9 Å². The van der Waals surface area contributed by atoms with Gasteiger partial charge in [0.15, 0.2) is 0 Å². The van der Waals surface area contributed by atoms with Crippen LogP contribution in [0, 0.1) is 0 Å². The summed E-state index contributed by atoms with van der Waals surface area (Å²) < 4.78 is 5.35. The van der Waals surface area contributed by atoms with Crippen LogP contribution in [0.3, 0.4) is 0 Å². The fourth-order valence-electron chi connectivity index (χ4n) is 1.64. The average Bonchev–Trinajstić information content (AvgIpc) is 2.81. The van der Waals surface area contributed by atoms with E-state index >= 15 is 0 Å². The molecule has 0 aliphatic heterocycles. The maximum absolute atomic E-state index is 10.7. The summed E-state index contributed by atoms with van der Waals surface area (Å²) in [5.74, 6) is -0.398. The molecule has 1 N–H and O–H groups in total. The van der Waals surface area contributed by atoms with Crippen molar-refractivity contribution in [2.45, 2.75) is 13.3 Å². The van der Waals surface area contributed by atoms with Gasteiger partial charge in [0, 0.05) is 17.0 Å². The van der Waals surface area contributed by atoms with E-state index in [-0.39, 0.29) is 6.42 Å². The molecule has 1 heterocycles. The molecule has 20 heavy (non-hydrogen) atoms. The van der Waals surface area contributed by atoms with Crippen LogP contribution >= 0.6 is 34.5 Å². The molecule has 0 saturated carbocycles. The zero-order chi connectivity index (χ0) is 14.7. The number of ether oxygens (including phenoxy) is 1. The first-order chi connectivity index (χ1) is 9.51. The Kier molecular flexibility index (Phi) is 4.86. The quantitative estimate of drug-likeness (QED) is 0.894. The normalized spacial score (nSPS) is 10.6. The number of benzene rings is 1. The van der Waals surface area contributed by atoms with Gasteiger partial charge in [-0.25, -0.2) is 4.98 Å². The topological polar surface area (TPSA) is 59.4 Å². The van der Waals surface area contributed by atoms with E-state index in [4.69, 9.17) is 33.0 Å². The molecule has 0 saturated heterocycles. The summed E-state index contributed by atoms with van der Waals surface area (Å²) in [4.78, 5) is 14.9. The average molecular weight is 332 g/mol. The zero-order valence-corrected chi connectivity index (χ0v) is 12.8. The zero-order valence-electron chi connectivity index (χ0n) is 10.5. The van der Waals surface area contributed by atoms with Crippen molar-refractivity contribution in [3.8, 4) is 17.0 Å². The minimum Gasteiger partial charge on any atom is -0.492 e. The molecule has 1 aromatic heterocycles. The van der Waals surface area contributed by atoms with E-state index in [2.05, 4.69) is 4.98 Å². The summed E-state index contributed by atoms with van der Waals surface area (Å²) in [5.41, 5.74) is 1.27. The largest absolute Gasteiger partial charge is 0.492 e. The highest BCUT2D eigenvalue weighted by molar-refractivity contribution is 7.10. The number of hydrogen-bond acceptors (Lipinski definition) is 4. The van der Waals surface area contributed by atoms with Crippen molar-refractivity contribution >= 4 is 40.5 Å². The van der Waals surface area contributed by atoms with Gasteiger partial charge in [0.25, 0.3) is 0 Å². The molecule has 2 rings (SSSR count). The second kappa shape index (κ2) is 6.43. The molecule has 0 aliphatic carbocycles. The number of aliphatic carboxylic acids is 1. The summed E-state index contributed by atoms with van der Waals surface area (Å²) in [7, 11) is 0. The fraction of sp³-hybridized carbons (Fsp3) is 0.231. The summed E-state index contributed by atoms with van der Waals surface area (Å²) in [6.07, 6.45) is -0.104. The highest BCUT2D eigenvalue weighted by atomic mass is 35.5. The number of carbonyl (C=O) groups is 1. The predicted molar refractivity (Wildman–Crippen MR) is 80.1 cm³/mol. The molecule has 2 aromatic rings. The third-order valence-corrected chi connectivity index (χ3v) is 3.91. The van der Waals surface area contributed by atoms with Crippen molar-refractivity contribution < 1.29 is 14.6 Å². The van der Waals surface area contributed by atoms with Crippen LogP contribution in [0.15, 0.2) is 17.5 Å². The minimum absolute atomic E-state index is 0.104. The maximum Gasteiger partial charge on any atom is 0.310 e. The Morgan fingerprint density at radius 2 is 2.15 bits per heavy atom. The van der Waals surface area contributed by atoms with Gasteiger partial charge in [0.2, 0.25) is 0 Å². The highest BCUT2D eigenvalue weighted by Gasteiger charge is 2.14. The Morgan fingerprint density at radius 1 is 1.40 bits per heavy atom. The van der Waals surface area contributed by atoms with Crippen molar-refractivity contribution in [1.82, 2.24) is 4.98 Å². The lowest BCUT2D eigenvalue weighted by Crippen LogP contribution is -1.99. The molecule has 4 nitrogen and oxygen atoms in total. The Balaban J connectivity index is 2.35. The molecule has 0 atom stereocenters. The van der Waals surface area contributed by atoms with Crippen molar-refractivity contribution in [3.05, 3.63) is 32.6 Å². The van der Waals surface area contributed by atoms with Gasteiger partial charge in [-0.1, -0.05) is 23.2 Å². The molecule has 0 spiro atoms. The van der Waals surface area contributed by atoms with Gasteiger partial charge in [-0.15, -0.1) is 11.3 Å². The lowest BCUT2D eigenvalue weighted by molar-refractivity contribution is -0.136. The molecule has 0 bridgehead atoms. The van der Waals surface area contributed by atoms with E-state index in [0.717, 1.165) is 0 Å². The molecule has 0 amide bonds. The van der Waals surface area contributed by atoms with Crippen LogP contribution in [-0.2, 0) is 11.2 Å². The Labute approximate surface area is 129 Å². The van der Waals surface area contributed by atoms with Crippen molar-refractivity contribution in [2.75, 3.05) is 6.61 Å². The number of halogens is 2. The van der Waals surface area contributed by atoms with E-state index in [9.17, 15) is 4.79 Å². The number of carboxylic acid groups (broad SMARTS) is 1. The summed E-state index contributed by atoms with van der Waals surface area (Å²) in [6, 6.07) is 3.31. The summed E-state index contributed by atoms with van der Waals surface area (Å²) in [5, 5.41) is 11.9. The molecular formula is C13H11Cl2NO3S. The lowest BCUT2D eigenvalue weighted by Gasteiger charge is -2.08. The van der Waals surface area contributed by atoms with E-state index in [0.29, 0.717) is 38.7 Å². The van der Waals surface area contributed by atoms with Gasteiger partial charge in [-0.2, -0.15) is 0 Å². The molecule has 7 heteroatoms. The van der Waals surface area contributed by atoms with Crippen molar-refractivity contribution in [3.63, 3.8) is 0 Å². The van der Waals surface area contributed by atoms with Crippen molar-refractivity contribution in [2.24, 2.45) is 0 Å². The molecular weight excluding hydrogens is 321 g/mol. The monoisotopic (exact) mass is 331 g/mol. The first-order valence-electron chi connectivity index (χ1n) is 5.79. The minimum atomic E-state index is -0.915. The summed E-state index contributed by atoms with van der Waals surface area (Å²) in [6.45, 7) is 2.35. The lowest BCUT2D eigenvalue weighted by atomic mass is 10.1. The van der Waals surface area contributed by atoms with Gasteiger partial charge < -0.3 is 9.84 Å². The number of thiazole rings is 1. The van der Waals surface area contributed by atoms with Gasteiger partial charge >= 0.3 is 5.97 Å². The van der Waals surface area contributed by atoms with Crippen LogP contribution in [0.4, 0.5) is 0 Å². The van der Waals surface area contributed by atoms with Crippen LogP contribution < -0.4 is 4.74 Å². The molecule has 0 fully saturated rings. The van der Waals surface area contributed by atoms with Gasteiger partial charge in [0.1, 0.15) is 10.8 Å². The standard InChI is InChI=1S/C13H11Cl2NO3S/c1-2-19-11-4-8(14)7(3-9(11)15)10-6-20-12(16-10)5-13(17)18/h3-4,6H,2,5H2,1H3,(H,17,18). The Bertz CT molecular complexity index is 643. The highest BCUT2D eigenvalue weighted by Crippen LogP contribution is 2.37. The van der Waals surface area contributed by atoms with Crippen LogP contribution in [-0.4, -0.2) is 22.7 Å². The Hall–Kier alpha value is -1.30. The number of aromatic nitrogens is 1. The van der Waals surface area contributed by atoms with Crippen LogP contribution in [0.25, 0.3) is 11.3 Å². The van der Waals surface area contributed by atoms with E-state index in [1.807, 2.05) is 6.92 Å². The molecule has 0 unspecified atom stereocenters. The first-order valence-corrected chi connectivity index (χ1v) is 7.43. The number of nitrogens with zero attached hydrogens (tertiary/aromatic N) is 1. The summed E-state index contributed by atoms with van der Waals surface area (Å²) >= 11 is 13.6. The van der Waals surface area contributed by atoms with E-state index in [1.54, 1.807) is 17.5 Å². The maximum atomic E-state index is 10.7. The second-order valence-electron chi connectivity index (χ2n) is 3.89. The third-order valence-electron chi connectivity index (χ3n) is 2.45. The van der Waals surface area contributed by atoms with Crippen molar-refractivity contribution in [1.29, 1.82) is 0 Å². The first kappa shape index (κ1) is 15.1. The van der Waals surface area contributed by atoms with Crippen LogP contribution in [0.2, 0.25) is 10.0 Å². The van der Waals surface area contributed by atoms with E-state index in [1.165, 1.54) is 11.3 Å². The molecule has 1 aromatic carbocycles. The van der Waals surface area contributed by atoms with Gasteiger partial charge in [0.05, 0.1) is 28.8 Å². The number of carboxylic acids is 1. The number of rotatable bonds is 5. The SMILES string of the molecule is CCOc1cc(Cl)c(-c2csc(CC(=O)O)n2)cc1Cl. The molecule has 0 aliphatic rings. The van der Waals surface area contributed by atoms with Gasteiger partial charge in [-0.05, 0) is 13.0 Å². The number of hydrogen-bond donors (Lipinski definition) is 1. The molecule has 0 radical (unpaired) electrons. The van der Waals surface area contributed by atoms with Crippen LogP contribution in [0.5, 0.6) is 5.75 Å². The molecule has 106 valence electrons. The smallest absolute Gasteiger partial charge is 0.310 e.